The number of carboxylic acids is 1. The van der Waals surface area contributed by atoms with Crippen molar-refractivity contribution < 1.29 is 24.2 Å². The van der Waals surface area contributed by atoms with Crippen LogP contribution in [0.15, 0.2) is 48.5 Å². The quantitative estimate of drug-likeness (QED) is 0.846. The van der Waals surface area contributed by atoms with Crippen molar-refractivity contribution in [2.24, 2.45) is 0 Å². The van der Waals surface area contributed by atoms with Gasteiger partial charge >= 0.3 is 12.1 Å². The van der Waals surface area contributed by atoms with Gasteiger partial charge in [0.2, 0.25) is 0 Å². The van der Waals surface area contributed by atoms with Gasteiger partial charge in [0.15, 0.2) is 5.60 Å². The number of nitrogens with one attached hydrogen (secondary N) is 1. The Kier molecular flexibility index (Phi) is 4.81. The maximum atomic E-state index is 12.4. The van der Waals surface area contributed by atoms with E-state index in [9.17, 15) is 14.7 Å². The van der Waals surface area contributed by atoms with E-state index in [1.165, 1.54) is 18.1 Å². The Morgan fingerprint density at radius 2 is 1.75 bits per heavy atom. The zero-order valence-corrected chi connectivity index (χ0v) is 15.7. The molecule has 2 N–H and O–H groups in total. The summed E-state index contributed by atoms with van der Waals surface area (Å²) >= 11 is 0. The van der Waals surface area contributed by atoms with Crippen molar-refractivity contribution in [1.29, 1.82) is 0 Å². The van der Waals surface area contributed by atoms with Crippen molar-refractivity contribution in [3.8, 4) is 11.1 Å². The van der Waals surface area contributed by atoms with Crippen molar-refractivity contribution in [1.82, 2.24) is 5.32 Å². The Morgan fingerprint density at radius 1 is 1.14 bits per heavy atom. The molecule has 6 heteroatoms. The normalized spacial score (nSPS) is 23.5. The molecule has 28 heavy (non-hydrogen) atoms. The van der Waals surface area contributed by atoms with Crippen LogP contribution in [-0.2, 0) is 14.3 Å². The molecular weight excluding hydrogens is 358 g/mol. The summed E-state index contributed by atoms with van der Waals surface area (Å²) in [6, 6.07) is 16.0. The van der Waals surface area contributed by atoms with E-state index in [1.807, 2.05) is 24.3 Å². The van der Waals surface area contributed by atoms with Crippen molar-refractivity contribution >= 4 is 12.1 Å². The number of carbonyl (C=O) groups excluding carboxylic acids is 1. The standard InChI is InChI=1S/C22H23NO5/c1-22(20(24)25)12-14(10-11-28-22)23-21(26)27-13-19-17-8-4-2-6-15(17)16-7-3-5-9-18(16)19/h2-9,14,19H,10-13H2,1H3,(H,23,26)(H,24,25). The molecular formula is C22H23NO5. The second kappa shape index (κ2) is 7.28. The molecule has 2 atom stereocenters. The summed E-state index contributed by atoms with van der Waals surface area (Å²) in [7, 11) is 0. The molecule has 1 aliphatic heterocycles. The zero-order chi connectivity index (χ0) is 19.7. The van der Waals surface area contributed by atoms with Gasteiger partial charge in [0, 0.05) is 18.4 Å². The molecule has 1 aliphatic carbocycles. The highest BCUT2D eigenvalue weighted by molar-refractivity contribution is 5.79. The molecule has 0 saturated carbocycles. The third-order valence-corrected chi connectivity index (χ3v) is 5.64. The average Bonchev–Trinajstić information content (AvgIpc) is 3.00. The molecule has 6 nitrogen and oxygen atoms in total. The van der Waals surface area contributed by atoms with Crippen LogP contribution in [0.5, 0.6) is 0 Å². The fraction of sp³-hybridized carbons (Fsp3) is 0.364. The van der Waals surface area contributed by atoms with E-state index in [-0.39, 0.29) is 31.6 Å². The van der Waals surface area contributed by atoms with Crippen LogP contribution in [0.4, 0.5) is 4.79 Å². The molecule has 0 bridgehead atoms. The number of rotatable bonds is 4. The smallest absolute Gasteiger partial charge is 0.407 e. The topological polar surface area (TPSA) is 84.9 Å². The maximum Gasteiger partial charge on any atom is 0.407 e. The van der Waals surface area contributed by atoms with Crippen molar-refractivity contribution in [2.45, 2.75) is 37.3 Å². The van der Waals surface area contributed by atoms with Gasteiger partial charge in [-0.05, 0) is 35.6 Å². The lowest BCUT2D eigenvalue weighted by atomic mass is 9.92. The second-order valence-corrected chi connectivity index (χ2v) is 7.54. The van der Waals surface area contributed by atoms with Crippen LogP contribution in [-0.4, -0.2) is 42.0 Å². The highest BCUT2D eigenvalue weighted by Crippen LogP contribution is 2.44. The lowest BCUT2D eigenvalue weighted by Crippen LogP contribution is -2.51. The molecule has 2 unspecified atom stereocenters. The van der Waals surface area contributed by atoms with Crippen LogP contribution in [0.25, 0.3) is 11.1 Å². The minimum absolute atomic E-state index is 0.00266. The zero-order valence-electron chi connectivity index (χ0n) is 15.7. The molecule has 0 spiro atoms. The van der Waals surface area contributed by atoms with Crippen LogP contribution < -0.4 is 5.32 Å². The first-order valence-corrected chi connectivity index (χ1v) is 9.47. The predicted molar refractivity (Wildman–Crippen MR) is 103 cm³/mol. The lowest BCUT2D eigenvalue weighted by Gasteiger charge is -2.35. The number of hydrogen-bond acceptors (Lipinski definition) is 4. The summed E-state index contributed by atoms with van der Waals surface area (Å²) < 4.78 is 10.9. The van der Waals surface area contributed by atoms with Crippen LogP contribution in [0, 0.1) is 0 Å². The Balaban J connectivity index is 1.41. The Bertz CT molecular complexity index is 866. The third kappa shape index (κ3) is 3.36. The van der Waals surface area contributed by atoms with E-state index in [0.717, 1.165) is 11.1 Å². The van der Waals surface area contributed by atoms with E-state index in [4.69, 9.17) is 9.47 Å². The van der Waals surface area contributed by atoms with Crippen LogP contribution in [0.1, 0.15) is 36.8 Å². The SMILES string of the molecule is CC1(C(=O)O)CC(NC(=O)OCC2c3ccccc3-c3ccccc32)CCO1. The van der Waals surface area contributed by atoms with Gasteiger partial charge in [-0.3, -0.25) is 0 Å². The number of alkyl carbamates (subject to hydrolysis) is 1. The summed E-state index contributed by atoms with van der Waals surface area (Å²) in [6.07, 6.45) is 0.251. The maximum absolute atomic E-state index is 12.4. The van der Waals surface area contributed by atoms with E-state index in [0.29, 0.717) is 6.42 Å². The van der Waals surface area contributed by atoms with Crippen molar-refractivity contribution in [3.63, 3.8) is 0 Å². The van der Waals surface area contributed by atoms with Gasteiger partial charge in [-0.1, -0.05) is 48.5 Å². The molecule has 2 aromatic rings. The number of hydrogen-bond donors (Lipinski definition) is 2. The molecule has 4 rings (SSSR count). The van der Waals surface area contributed by atoms with E-state index in [2.05, 4.69) is 29.6 Å². The molecule has 1 saturated heterocycles. The molecule has 1 amide bonds. The number of amides is 1. The Labute approximate surface area is 163 Å². The highest BCUT2D eigenvalue weighted by Gasteiger charge is 2.40. The number of ether oxygens (including phenoxy) is 2. The molecule has 1 fully saturated rings. The lowest BCUT2D eigenvalue weighted by molar-refractivity contribution is -0.170. The van der Waals surface area contributed by atoms with Gasteiger partial charge in [0.25, 0.3) is 0 Å². The largest absolute Gasteiger partial charge is 0.479 e. The monoisotopic (exact) mass is 381 g/mol. The third-order valence-electron chi connectivity index (χ3n) is 5.64. The first-order chi connectivity index (χ1) is 13.5. The summed E-state index contributed by atoms with van der Waals surface area (Å²) in [6.45, 7) is 2.05. The molecule has 1 heterocycles. The Hall–Kier alpha value is -2.86. The fourth-order valence-electron chi connectivity index (χ4n) is 4.14. The summed E-state index contributed by atoms with van der Waals surface area (Å²) in [5.41, 5.74) is 3.38. The van der Waals surface area contributed by atoms with Crippen LogP contribution >= 0.6 is 0 Å². The molecule has 0 radical (unpaired) electrons. The van der Waals surface area contributed by atoms with Crippen molar-refractivity contribution in [2.75, 3.05) is 13.2 Å². The van der Waals surface area contributed by atoms with Gasteiger partial charge in [-0.15, -0.1) is 0 Å². The number of carboxylic acid groups (broad SMARTS) is 1. The van der Waals surface area contributed by atoms with E-state index >= 15 is 0 Å². The molecule has 146 valence electrons. The summed E-state index contributed by atoms with van der Waals surface area (Å²) in [5, 5.41) is 12.1. The van der Waals surface area contributed by atoms with Crippen LogP contribution in [0.2, 0.25) is 0 Å². The number of fused-ring (bicyclic) bond motifs is 3. The van der Waals surface area contributed by atoms with Gasteiger partial charge in [0.1, 0.15) is 6.61 Å². The highest BCUT2D eigenvalue weighted by atomic mass is 16.5. The van der Waals surface area contributed by atoms with Gasteiger partial charge in [0.05, 0.1) is 6.61 Å². The van der Waals surface area contributed by atoms with E-state index < -0.39 is 17.7 Å². The first kappa shape index (κ1) is 18.5. The van der Waals surface area contributed by atoms with Crippen LogP contribution in [0.3, 0.4) is 0 Å². The van der Waals surface area contributed by atoms with E-state index in [1.54, 1.807) is 0 Å². The number of carbonyl (C=O) groups is 2. The first-order valence-electron chi connectivity index (χ1n) is 9.47. The minimum Gasteiger partial charge on any atom is -0.479 e. The molecule has 0 aromatic heterocycles. The molecule has 2 aromatic carbocycles. The average molecular weight is 381 g/mol. The predicted octanol–water partition coefficient (Wildman–Crippen LogP) is 3.55. The molecule has 2 aliphatic rings. The summed E-state index contributed by atoms with van der Waals surface area (Å²) in [4.78, 5) is 23.7. The van der Waals surface area contributed by atoms with Gasteiger partial charge in [-0.25, -0.2) is 9.59 Å². The summed E-state index contributed by atoms with van der Waals surface area (Å²) in [5.74, 6) is -1.02. The Morgan fingerprint density at radius 3 is 2.36 bits per heavy atom. The number of benzene rings is 2. The van der Waals surface area contributed by atoms with Crippen molar-refractivity contribution in [3.05, 3.63) is 59.7 Å². The van der Waals surface area contributed by atoms with Gasteiger partial charge < -0.3 is 19.9 Å². The number of aliphatic carboxylic acids is 1. The fourth-order valence-corrected chi connectivity index (χ4v) is 4.14. The van der Waals surface area contributed by atoms with Gasteiger partial charge in [-0.2, -0.15) is 0 Å². The minimum atomic E-state index is -1.28. The second-order valence-electron chi connectivity index (χ2n) is 7.54.